The highest BCUT2D eigenvalue weighted by molar-refractivity contribution is 7.19. The van der Waals surface area contributed by atoms with Crippen molar-refractivity contribution in [1.82, 2.24) is 9.97 Å². The van der Waals surface area contributed by atoms with E-state index in [1.807, 2.05) is 11.3 Å². The van der Waals surface area contributed by atoms with E-state index in [1.54, 1.807) is 10.4 Å². The summed E-state index contributed by atoms with van der Waals surface area (Å²) in [4.78, 5) is 15.5. The molecule has 1 fully saturated rings. The summed E-state index contributed by atoms with van der Waals surface area (Å²) in [6, 6.07) is 11.2. The van der Waals surface area contributed by atoms with E-state index in [1.165, 1.54) is 60.1 Å². The predicted octanol–water partition coefficient (Wildman–Crippen LogP) is 5.15. The van der Waals surface area contributed by atoms with Crippen molar-refractivity contribution in [3.05, 3.63) is 52.2 Å². The maximum atomic E-state index is 5.14. The average Bonchev–Trinajstić information content (AvgIpc) is 3.23. The lowest BCUT2D eigenvalue weighted by molar-refractivity contribution is 0.482. The van der Waals surface area contributed by atoms with Crippen LogP contribution in [0.25, 0.3) is 10.2 Å². The van der Waals surface area contributed by atoms with E-state index >= 15 is 0 Å². The summed E-state index contributed by atoms with van der Waals surface area (Å²) >= 11 is 1.91. The van der Waals surface area contributed by atoms with Crippen LogP contribution in [0.3, 0.4) is 0 Å². The molecule has 1 aromatic carbocycles. The standard InChI is InChI=1S/C22H25N3S/c1-15-8-5-6-13-25(15)21-20-17-11-7-12-18(17)26-22(20)24-19(23-21)14-16-9-3-2-4-10-16/h2-4,9-10,15H,5-8,11-14H2,1H3. The molecule has 0 spiro atoms. The summed E-state index contributed by atoms with van der Waals surface area (Å²) in [5.74, 6) is 2.18. The molecule has 0 saturated carbocycles. The minimum absolute atomic E-state index is 0.573. The first-order valence-electron chi connectivity index (χ1n) is 9.91. The van der Waals surface area contributed by atoms with Crippen LogP contribution >= 0.6 is 11.3 Å². The highest BCUT2D eigenvalue weighted by Crippen LogP contribution is 2.41. The van der Waals surface area contributed by atoms with Gasteiger partial charge < -0.3 is 4.90 Å². The van der Waals surface area contributed by atoms with E-state index < -0.39 is 0 Å². The van der Waals surface area contributed by atoms with Gasteiger partial charge in [0.2, 0.25) is 0 Å². The van der Waals surface area contributed by atoms with Crippen LogP contribution in [0.5, 0.6) is 0 Å². The Hall–Kier alpha value is -1.94. The van der Waals surface area contributed by atoms with Crippen LogP contribution in [0.2, 0.25) is 0 Å². The quantitative estimate of drug-likeness (QED) is 0.644. The molecule has 1 unspecified atom stereocenters. The van der Waals surface area contributed by atoms with E-state index in [9.17, 15) is 0 Å². The van der Waals surface area contributed by atoms with Crippen molar-refractivity contribution in [1.29, 1.82) is 0 Å². The van der Waals surface area contributed by atoms with Gasteiger partial charge >= 0.3 is 0 Å². The molecule has 0 N–H and O–H groups in total. The van der Waals surface area contributed by atoms with E-state index in [2.05, 4.69) is 42.2 Å². The Kier molecular flexibility index (Phi) is 4.16. The third-order valence-corrected chi connectivity index (χ3v) is 7.06. The first kappa shape index (κ1) is 16.2. The Labute approximate surface area is 159 Å². The minimum atomic E-state index is 0.573. The molecule has 1 saturated heterocycles. The molecule has 0 amide bonds. The second-order valence-corrected chi connectivity index (χ2v) is 8.79. The van der Waals surface area contributed by atoms with E-state index in [4.69, 9.17) is 9.97 Å². The first-order chi connectivity index (χ1) is 12.8. The third kappa shape index (κ3) is 2.81. The molecule has 3 nitrogen and oxygen atoms in total. The lowest BCUT2D eigenvalue weighted by Crippen LogP contribution is -2.38. The van der Waals surface area contributed by atoms with Gasteiger partial charge in [-0.25, -0.2) is 9.97 Å². The fourth-order valence-electron chi connectivity index (χ4n) is 4.50. The van der Waals surface area contributed by atoms with Crippen molar-refractivity contribution >= 4 is 27.4 Å². The third-order valence-electron chi connectivity index (χ3n) is 5.87. The van der Waals surface area contributed by atoms with E-state index in [0.29, 0.717) is 6.04 Å². The number of thiophene rings is 1. The van der Waals surface area contributed by atoms with Gasteiger partial charge in [-0.05, 0) is 56.6 Å². The molecule has 3 heterocycles. The Morgan fingerprint density at radius 1 is 1.08 bits per heavy atom. The maximum absolute atomic E-state index is 5.14. The number of piperidine rings is 1. The van der Waals surface area contributed by atoms with Gasteiger partial charge in [-0.2, -0.15) is 0 Å². The van der Waals surface area contributed by atoms with Gasteiger partial charge in [0.15, 0.2) is 0 Å². The van der Waals surface area contributed by atoms with E-state index in [-0.39, 0.29) is 0 Å². The molecular weight excluding hydrogens is 338 g/mol. The number of aryl methyl sites for hydroxylation is 2. The largest absolute Gasteiger partial charge is 0.353 e. The highest BCUT2D eigenvalue weighted by Gasteiger charge is 2.27. The second kappa shape index (κ2) is 6.66. The molecule has 1 atom stereocenters. The molecular formula is C22H25N3S. The number of nitrogens with zero attached hydrogens (tertiary/aromatic N) is 3. The van der Waals surface area contributed by atoms with Crippen LogP contribution in [0, 0.1) is 0 Å². The molecule has 0 bridgehead atoms. The molecule has 2 aromatic heterocycles. The molecule has 0 radical (unpaired) electrons. The zero-order valence-electron chi connectivity index (χ0n) is 15.4. The molecule has 134 valence electrons. The van der Waals surface area contributed by atoms with Crippen LogP contribution in [0.4, 0.5) is 5.82 Å². The monoisotopic (exact) mass is 363 g/mol. The summed E-state index contributed by atoms with van der Waals surface area (Å²) in [5, 5.41) is 1.37. The SMILES string of the molecule is CC1CCCCN1c1nc(Cc2ccccc2)nc2sc3c(c12)CCC3. The average molecular weight is 364 g/mol. The van der Waals surface area contributed by atoms with Crippen molar-refractivity contribution in [2.24, 2.45) is 0 Å². The summed E-state index contributed by atoms with van der Waals surface area (Å²) < 4.78 is 0. The van der Waals surface area contributed by atoms with Crippen LogP contribution < -0.4 is 4.90 Å². The minimum Gasteiger partial charge on any atom is -0.353 e. The molecule has 1 aliphatic carbocycles. The zero-order chi connectivity index (χ0) is 17.5. The van der Waals surface area contributed by atoms with Crippen LogP contribution in [0.1, 0.15) is 54.4 Å². The van der Waals surface area contributed by atoms with Gasteiger partial charge in [-0.3, -0.25) is 0 Å². The number of hydrogen-bond donors (Lipinski definition) is 0. The second-order valence-electron chi connectivity index (χ2n) is 7.70. The molecule has 1 aliphatic heterocycles. The Morgan fingerprint density at radius 3 is 2.81 bits per heavy atom. The van der Waals surface area contributed by atoms with Gasteiger partial charge in [-0.1, -0.05) is 30.3 Å². The van der Waals surface area contributed by atoms with Crippen LogP contribution in [0.15, 0.2) is 30.3 Å². The van der Waals surface area contributed by atoms with Crippen molar-refractivity contribution < 1.29 is 0 Å². The smallest absolute Gasteiger partial charge is 0.141 e. The Bertz CT molecular complexity index is 931. The zero-order valence-corrected chi connectivity index (χ0v) is 16.2. The summed E-state index contributed by atoms with van der Waals surface area (Å²) in [6.45, 7) is 3.49. The van der Waals surface area contributed by atoms with Crippen molar-refractivity contribution in [2.75, 3.05) is 11.4 Å². The van der Waals surface area contributed by atoms with Gasteiger partial charge in [0, 0.05) is 23.9 Å². The fourth-order valence-corrected chi connectivity index (χ4v) is 5.77. The summed E-state index contributed by atoms with van der Waals surface area (Å²) in [7, 11) is 0. The lowest BCUT2D eigenvalue weighted by atomic mass is 10.0. The number of aromatic nitrogens is 2. The van der Waals surface area contributed by atoms with E-state index in [0.717, 1.165) is 18.8 Å². The van der Waals surface area contributed by atoms with Crippen molar-refractivity contribution in [2.45, 2.75) is 57.9 Å². The van der Waals surface area contributed by atoms with Gasteiger partial charge in [0.25, 0.3) is 0 Å². The number of hydrogen-bond acceptors (Lipinski definition) is 4. The summed E-state index contributed by atoms with van der Waals surface area (Å²) in [6.07, 6.45) is 8.41. The lowest BCUT2D eigenvalue weighted by Gasteiger charge is -2.35. The molecule has 26 heavy (non-hydrogen) atoms. The molecule has 5 rings (SSSR count). The highest BCUT2D eigenvalue weighted by atomic mass is 32.1. The van der Waals surface area contributed by atoms with Crippen LogP contribution in [-0.4, -0.2) is 22.6 Å². The first-order valence-corrected chi connectivity index (χ1v) is 10.7. The van der Waals surface area contributed by atoms with Gasteiger partial charge in [-0.15, -0.1) is 11.3 Å². The Balaban J connectivity index is 1.64. The predicted molar refractivity (Wildman–Crippen MR) is 109 cm³/mol. The number of benzene rings is 1. The summed E-state index contributed by atoms with van der Waals surface area (Å²) in [5.41, 5.74) is 2.83. The maximum Gasteiger partial charge on any atom is 0.141 e. The molecule has 3 aromatic rings. The van der Waals surface area contributed by atoms with Crippen LogP contribution in [-0.2, 0) is 19.3 Å². The fraction of sp³-hybridized carbons (Fsp3) is 0.455. The number of anilines is 1. The Morgan fingerprint density at radius 2 is 1.96 bits per heavy atom. The topological polar surface area (TPSA) is 29.0 Å². The molecule has 2 aliphatic rings. The normalized spacial score (nSPS) is 19.9. The van der Waals surface area contributed by atoms with Gasteiger partial charge in [0.05, 0.1) is 5.39 Å². The van der Waals surface area contributed by atoms with Crippen molar-refractivity contribution in [3.63, 3.8) is 0 Å². The van der Waals surface area contributed by atoms with Crippen molar-refractivity contribution in [3.8, 4) is 0 Å². The number of rotatable bonds is 3. The van der Waals surface area contributed by atoms with Gasteiger partial charge in [0.1, 0.15) is 16.5 Å². The number of fused-ring (bicyclic) bond motifs is 3. The molecule has 4 heteroatoms.